The van der Waals surface area contributed by atoms with E-state index < -0.39 is 0 Å². The van der Waals surface area contributed by atoms with E-state index in [2.05, 4.69) is 39.6 Å². The lowest BCUT2D eigenvalue weighted by Crippen LogP contribution is -2.51. The summed E-state index contributed by atoms with van der Waals surface area (Å²) in [5, 5.41) is 14.5. The minimum atomic E-state index is 0.0645. The Morgan fingerprint density at radius 2 is 2.38 bits per heavy atom. The average molecular weight is 333 g/mol. The standard InChI is InChI=1S/C16H27N7O/c1-3-17-15(18-9-13-21-20-12-22(13)4-2)23-7-5-6-16(11-23)8-14(24)19-10-16/h12H,3-11H2,1-2H3,(H,17,18)(H,19,24). The van der Waals surface area contributed by atoms with Crippen LogP contribution < -0.4 is 10.6 Å². The van der Waals surface area contributed by atoms with Gasteiger partial charge in [0.15, 0.2) is 11.8 Å². The Kier molecular flexibility index (Phi) is 5.01. The number of aromatic nitrogens is 3. The molecular weight excluding hydrogens is 306 g/mol. The Labute approximate surface area is 142 Å². The third-order valence-electron chi connectivity index (χ3n) is 4.90. The first-order chi connectivity index (χ1) is 11.7. The molecule has 3 heterocycles. The number of aliphatic imine (C=N–C) groups is 1. The van der Waals surface area contributed by atoms with Crippen LogP contribution in [0.3, 0.4) is 0 Å². The number of carbonyl (C=O) groups excluding carboxylic acids is 1. The number of amides is 1. The molecule has 2 N–H and O–H groups in total. The monoisotopic (exact) mass is 333 g/mol. The van der Waals surface area contributed by atoms with Gasteiger partial charge in [0.25, 0.3) is 0 Å². The summed E-state index contributed by atoms with van der Waals surface area (Å²) < 4.78 is 2.00. The predicted molar refractivity (Wildman–Crippen MR) is 91.4 cm³/mol. The molecule has 0 radical (unpaired) electrons. The number of aryl methyl sites for hydroxylation is 1. The van der Waals surface area contributed by atoms with E-state index in [1.165, 1.54) is 0 Å². The summed E-state index contributed by atoms with van der Waals surface area (Å²) in [5.74, 6) is 1.95. The molecule has 0 aliphatic carbocycles. The maximum atomic E-state index is 11.7. The molecular formula is C16H27N7O. The van der Waals surface area contributed by atoms with Crippen molar-refractivity contribution in [3.63, 3.8) is 0 Å². The van der Waals surface area contributed by atoms with Gasteiger partial charge in [-0.3, -0.25) is 4.79 Å². The predicted octanol–water partition coefficient (Wildman–Crippen LogP) is 0.366. The number of guanidine groups is 1. The fourth-order valence-corrected chi connectivity index (χ4v) is 3.67. The van der Waals surface area contributed by atoms with Crippen molar-refractivity contribution < 1.29 is 4.79 Å². The number of hydrogen-bond donors (Lipinski definition) is 2. The molecule has 1 unspecified atom stereocenters. The van der Waals surface area contributed by atoms with Crippen LogP contribution in [0.2, 0.25) is 0 Å². The first-order valence-electron chi connectivity index (χ1n) is 8.82. The van der Waals surface area contributed by atoms with Crippen molar-refractivity contribution in [2.75, 3.05) is 26.2 Å². The van der Waals surface area contributed by atoms with Gasteiger partial charge in [-0.2, -0.15) is 0 Å². The third-order valence-corrected chi connectivity index (χ3v) is 4.90. The van der Waals surface area contributed by atoms with Crippen molar-refractivity contribution in [2.45, 2.75) is 46.2 Å². The molecule has 1 aromatic heterocycles. The topological polar surface area (TPSA) is 87.4 Å². The molecule has 0 saturated carbocycles. The van der Waals surface area contributed by atoms with Crippen molar-refractivity contribution in [1.29, 1.82) is 0 Å². The van der Waals surface area contributed by atoms with E-state index in [-0.39, 0.29) is 11.3 Å². The molecule has 1 atom stereocenters. The number of nitrogens with one attached hydrogen (secondary N) is 2. The maximum Gasteiger partial charge on any atom is 0.220 e. The van der Waals surface area contributed by atoms with Gasteiger partial charge >= 0.3 is 0 Å². The first-order valence-corrected chi connectivity index (χ1v) is 8.82. The summed E-state index contributed by atoms with van der Waals surface area (Å²) in [6.45, 7) is 8.95. The maximum absolute atomic E-state index is 11.7. The van der Waals surface area contributed by atoms with Gasteiger partial charge in [0.2, 0.25) is 5.91 Å². The van der Waals surface area contributed by atoms with Crippen LogP contribution >= 0.6 is 0 Å². The van der Waals surface area contributed by atoms with Crippen LogP contribution in [0.1, 0.15) is 38.9 Å². The molecule has 2 saturated heterocycles. The second kappa shape index (κ2) is 7.19. The highest BCUT2D eigenvalue weighted by molar-refractivity contribution is 5.81. The molecule has 0 aromatic carbocycles. The summed E-state index contributed by atoms with van der Waals surface area (Å²) in [5.41, 5.74) is 0.0645. The molecule has 3 rings (SSSR count). The van der Waals surface area contributed by atoms with E-state index in [1.54, 1.807) is 6.33 Å². The van der Waals surface area contributed by atoms with Crippen LogP contribution in [0, 0.1) is 5.41 Å². The lowest BCUT2D eigenvalue weighted by Gasteiger charge is -2.40. The van der Waals surface area contributed by atoms with E-state index in [4.69, 9.17) is 4.99 Å². The Hall–Kier alpha value is -2.12. The van der Waals surface area contributed by atoms with Crippen LogP contribution in [-0.2, 0) is 17.9 Å². The van der Waals surface area contributed by atoms with Crippen molar-refractivity contribution in [2.24, 2.45) is 10.4 Å². The number of carbonyl (C=O) groups is 1. The molecule has 2 aliphatic rings. The van der Waals surface area contributed by atoms with Crippen LogP contribution in [0.4, 0.5) is 0 Å². The lowest BCUT2D eigenvalue weighted by molar-refractivity contribution is -0.119. The van der Waals surface area contributed by atoms with Gasteiger partial charge in [0, 0.05) is 44.6 Å². The minimum absolute atomic E-state index is 0.0645. The zero-order valence-corrected chi connectivity index (χ0v) is 14.6. The van der Waals surface area contributed by atoms with Gasteiger partial charge in [-0.25, -0.2) is 4.99 Å². The smallest absolute Gasteiger partial charge is 0.220 e. The first kappa shape index (κ1) is 16.7. The summed E-state index contributed by atoms with van der Waals surface area (Å²) >= 11 is 0. The number of hydrogen-bond acceptors (Lipinski definition) is 4. The van der Waals surface area contributed by atoms with E-state index in [1.807, 2.05) is 4.57 Å². The number of likely N-dealkylation sites (tertiary alicyclic amines) is 1. The van der Waals surface area contributed by atoms with Gasteiger partial charge in [-0.1, -0.05) is 0 Å². The SMILES string of the molecule is CCNC(=NCc1nncn1CC)N1CCCC2(CNC(=O)C2)C1. The van der Waals surface area contributed by atoms with Crippen LogP contribution in [-0.4, -0.2) is 57.7 Å². The van der Waals surface area contributed by atoms with Crippen molar-refractivity contribution in [3.05, 3.63) is 12.2 Å². The normalized spacial score (nSPS) is 24.5. The van der Waals surface area contributed by atoms with Gasteiger partial charge in [0.05, 0.1) is 0 Å². The molecule has 1 amide bonds. The quantitative estimate of drug-likeness (QED) is 0.614. The van der Waals surface area contributed by atoms with Crippen LogP contribution in [0.15, 0.2) is 11.3 Å². The highest BCUT2D eigenvalue weighted by Crippen LogP contribution is 2.36. The second-order valence-corrected chi connectivity index (χ2v) is 6.68. The van der Waals surface area contributed by atoms with Crippen molar-refractivity contribution in [3.8, 4) is 0 Å². The number of nitrogens with zero attached hydrogens (tertiary/aromatic N) is 5. The van der Waals surface area contributed by atoms with Crippen LogP contribution in [0.25, 0.3) is 0 Å². The van der Waals surface area contributed by atoms with E-state index in [0.717, 1.165) is 57.3 Å². The third kappa shape index (κ3) is 3.52. The molecule has 0 bridgehead atoms. The zero-order valence-electron chi connectivity index (χ0n) is 14.6. The molecule has 1 spiro atoms. The van der Waals surface area contributed by atoms with Crippen LogP contribution in [0.5, 0.6) is 0 Å². The highest BCUT2D eigenvalue weighted by Gasteiger charge is 2.42. The molecule has 2 aliphatic heterocycles. The largest absolute Gasteiger partial charge is 0.357 e. The van der Waals surface area contributed by atoms with Gasteiger partial charge in [-0.05, 0) is 26.7 Å². The van der Waals surface area contributed by atoms with E-state index in [9.17, 15) is 4.79 Å². The highest BCUT2D eigenvalue weighted by atomic mass is 16.1. The lowest BCUT2D eigenvalue weighted by atomic mass is 9.79. The summed E-state index contributed by atoms with van der Waals surface area (Å²) in [7, 11) is 0. The number of piperidine rings is 1. The Morgan fingerprint density at radius 3 is 3.08 bits per heavy atom. The minimum Gasteiger partial charge on any atom is -0.357 e. The zero-order chi connectivity index (χ0) is 17.0. The van der Waals surface area contributed by atoms with Gasteiger partial charge in [-0.15, -0.1) is 10.2 Å². The molecule has 8 heteroatoms. The Balaban J connectivity index is 1.72. The second-order valence-electron chi connectivity index (χ2n) is 6.68. The van der Waals surface area contributed by atoms with Crippen molar-refractivity contribution in [1.82, 2.24) is 30.3 Å². The van der Waals surface area contributed by atoms with Crippen molar-refractivity contribution >= 4 is 11.9 Å². The molecule has 24 heavy (non-hydrogen) atoms. The number of rotatable bonds is 4. The Bertz CT molecular complexity index is 611. The molecule has 132 valence electrons. The summed E-state index contributed by atoms with van der Waals surface area (Å²) in [4.78, 5) is 18.7. The van der Waals surface area contributed by atoms with E-state index >= 15 is 0 Å². The summed E-state index contributed by atoms with van der Waals surface area (Å²) in [6.07, 6.45) is 4.56. The molecule has 8 nitrogen and oxygen atoms in total. The van der Waals surface area contributed by atoms with Gasteiger partial charge in [0.1, 0.15) is 12.9 Å². The fraction of sp³-hybridized carbons (Fsp3) is 0.750. The molecule has 1 aromatic rings. The Morgan fingerprint density at radius 1 is 1.50 bits per heavy atom. The fourth-order valence-electron chi connectivity index (χ4n) is 3.67. The van der Waals surface area contributed by atoms with E-state index in [0.29, 0.717) is 13.0 Å². The molecule has 2 fully saturated rings. The van der Waals surface area contributed by atoms with Gasteiger partial charge < -0.3 is 20.1 Å². The average Bonchev–Trinajstić information content (AvgIpc) is 3.18. The summed E-state index contributed by atoms with van der Waals surface area (Å²) in [6, 6.07) is 0.